The van der Waals surface area contributed by atoms with Crippen molar-refractivity contribution in [1.29, 1.82) is 0 Å². The standard InChI is InChI=1S/C37H45N5O6/c1-19(2)15-32-40-27-13-10-23(17-29(27)41-32)39-37(45)34(20(3)4)42-28-14-11-24-25(18-30(28)44)26(38-21(5)43)12-9-22-16-31(46-6)35(47-7)36(48-8)33(22)24/h10-11,13-14,16-20,26,34H,9,12,15H2,1-8H3,(H,38,43)(H,39,45)(H,40,41)(H,42,44)/t26-,34+/m0/s1. The van der Waals surface area contributed by atoms with Crippen LogP contribution in [0.25, 0.3) is 22.2 Å². The third-order valence-electron chi connectivity index (χ3n) is 8.58. The summed E-state index contributed by atoms with van der Waals surface area (Å²) in [7, 11) is 4.67. The zero-order chi connectivity index (χ0) is 34.7. The number of anilines is 2. The molecule has 0 radical (unpaired) electrons. The number of amides is 2. The topological polar surface area (TPSA) is 144 Å². The van der Waals surface area contributed by atoms with E-state index in [0.717, 1.165) is 34.4 Å². The van der Waals surface area contributed by atoms with E-state index in [9.17, 15) is 14.4 Å². The number of fused-ring (bicyclic) bond motifs is 4. The van der Waals surface area contributed by atoms with Crippen LogP contribution in [0.15, 0.2) is 47.3 Å². The first-order valence-electron chi connectivity index (χ1n) is 16.3. The number of nitrogens with zero attached hydrogens (tertiary/aromatic N) is 1. The first kappa shape index (κ1) is 34.3. The Morgan fingerprint density at radius 3 is 2.38 bits per heavy atom. The molecule has 0 fully saturated rings. The highest BCUT2D eigenvalue weighted by molar-refractivity contribution is 5.98. The molecule has 2 amide bonds. The molecular weight excluding hydrogens is 610 g/mol. The van der Waals surface area contributed by atoms with Gasteiger partial charge in [-0.25, -0.2) is 4.98 Å². The fraction of sp³-hybridized carbons (Fsp3) is 0.405. The van der Waals surface area contributed by atoms with Crippen molar-refractivity contribution < 1.29 is 23.8 Å². The van der Waals surface area contributed by atoms with Gasteiger partial charge in [0, 0.05) is 24.6 Å². The van der Waals surface area contributed by atoms with Gasteiger partial charge in [-0.05, 0) is 77.8 Å². The predicted molar refractivity (Wildman–Crippen MR) is 188 cm³/mol. The van der Waals surface area contributed by atoms with Crippen LogP contribution < -0.4 is 35.6 Å². The van der Waals surface area contributed by atoms with Gasteiger partial charge in [0.25, 0.3) is 0 Å². The summed E-state index contributed by atoms with van der Waals surface area (Å²) in [6, 6.07) is 11.4. The summed E-state index contributed by atoms with van der Waals surface area (Å²) in [5, 5.41) is 9.27. The lowest BCUT2D eigenvalue weighted by molar-refractivity contribution is -0.120. The zero-order valence-electron chi connectivity index (χ0n) is 28.9. The first-order chi connectivity index (χ1) is 22.9. The Kier molecular flexibility index (Phi) is 10.3. The van der Waals surface area contributed by atoms with Gasteiger partial charge < -0.3 is 35.1 Å². The lowest BCUT2D eigenvalue weighted by Gasteiger charge is -2.22. The Balaban J connectivity index is 1.53. The molecule has 5 rings (SSSR count). The summed E-state index contributed by atoms with van der Waals surface area (Å²) in [5.74, 6) is 2.13. The van der Waals surface area contributed by atoms with Crippen molar-refractivity contribution in [3.63, 3.8) is 0 Å². The highest BCUT2D eigenvalue weighted by atomic mass is 16.5. The molecule has 0 saturated heterocycles. The molecule has 11 nitrogen and oxygen atoms in total. The van der Waals surface area contributed by atoms with Crippen LogP contribution in [-0.2, 0) is 22.4 Å². The molecule has 0 unspecified atom stereocenters. The van der Waals surface area contributed by atoms with Gasteiger partial charge in [0.2, 0.25) is 23.0 Å². The molecule has 0 saturated carbocycles. The second kappa shape index (κ2) is 14.4. The van der Waals surface area contributed by atoms with Gasteiger partial charge >= 0.3 is 0 Å². The average Bonchev–Trinajstić information content (AvgIpc) is 3.28. The van der Waals surface area contributed by atoms with Gasteiger partial charge in [-0.3, -0.25) is 14.4 Å². The lowest BCUT2D eigenvalue weighted by atomic mass is 9.95. The molecule has 4 N–H and O–H groups in total. The molecular formula is C37H45N5O6. The van der Waals surface area contributed by atoms with Crippen molar-refractivity contribution in [3.05, 3.63) is 69.6 Å². The predicted octanol–water partition coefficient (Wildman–Crippen LogP) is 6.01. The Bertz CT molecular complexity index is 1900. The monoisotopic (exact) mass is 655 g/mol. The summed E-state index contributed by atoms with van der Waals surface area (Å²) in [6.07, 6.45) is 1.96. The number of aromatic nitrogens is 2. The summed E-state index contributed by atoms with van der Waals surface area (Å²) < 4.78 is 17.2. The summed E-state index contributed by atoms with van der Waals surface area (Å²) in [5.41, 5.74) is 5.27. The van der Waals surface area contributed by atoms with E-state index in [1.165, 1.54) is 6.92 Å². The molecule has 1 heterocycles. The maximum absolute atomic E-state index is 13.9. The molecule has 11 heteroatoms. The number of nitrogens with one attached hydrogen (secondary N) is 4. The SMILES string of the molecule is COc1cc2c(c(OC)c1OC)-c1ccc(N[C@@H](C(=O)Nc3ccc4nc(CC(C)C)[nH]c4c3)C(C)C)c(=O)cc1[C@@H](NC(C)=O)CC2. The molecule has 254 valence electrons. The van der Waals surface area contributed by atoms with Gasteiger partial charge in [0.05, 0.1) is 44.1 Å². The van der Waals surface area contributed by atoms with Crippen molar-refractivity contribution in [3.8, 4) is 28.4 Å². The highest BCUT2D eigenvalue weighted by Gasteiger charge is 2.30. The molecule has 4 aromatic rings. The van der Waals surface area contributed by atoms with Crippen LogP contribution in [0.5, 0.6) is 17.2 Å². The van der Waals surface area contributed by atoms with Crippen molar-refractivity contribution >= 4 is 34.2 Å². The number of methoxy groups -OCH3 is 3. The van der Waals surface area contributed by atoms with Crippen LogP contribution in [0.2, 0.25) is 0 Å². The maximum Gasteiger partial charge on any atom is 0.247 e. The Morgan fingerprint density at radius 2 is 1.73 bits per heavy atom. The minimum Gasteiger partial charge on any atom is -0.493 e. The number of imidazole rings is 1. The summed E-state index contributed by atoms with van der Waals surface area (Å²) >= 11 is 0. The fourth-order valence-electron chi connectivity index (χ4n) is 6.37. The molecule has 0 bridgehead atoms. The Morgan fingerprint density at radius 1 is 0.979 bits per heavy atom. The minimum absolute atomic E-state index is 0.161. The van der Waals surface area contributed by atoms with Crippen LogP contribution in [0.4, 0.5) is 11.4 Å². The minimum atomic E-state index is -0.730. The van der Waals surface area contributed by atoms with Crippen molar-refractivity contribution in [2.24, 2.45) is 11.8 Å². The van der Waals surface area contributed by atoms with E-state index in [1.54, 1.807) is 33.5 Å². The number of aryl methyl sites for hydroxylation is 1. The second-order valence-electron chi connectivity index (χ2n) is 13.0. The second-order valence-corrected chi connectivity index (χ2v) is 13.0. The smallest absolute Gasteiger partial charge is 0.247 e. The molecule has 0 aliphatic heterocycles. The van der Waals surface area contributed by atoms with Crippen LogP contribution in [0.1, 0.15) is 64.0 Å². The van der Waals surface area contributed by atoms with Crippen LogP contribution >= 0.6 is 0 Å². The van der Waals surface area contributed by atoms with E-state index in [1.807, 2.05) is 44.2 Å². The zero-order valence-corrected chi connectivity index (χ0v) is 28.9. The largest absolute Gasteiger partial charge is 0.493 e. The van der Waals surface area contributed by atoms with Gasteiger partial charge in [-0.2, -0.15) is 0 Å². The summed E-state index contributed by atoms with van der Waals surface area (Å²) in [6.45, 7) is 9.58. The quantitative estimate of drug-likeness (QED) is 0.154. The van der Waals surface area contributed by atoms with E-state index in [2.05, 4.69) is 39.8 Å². The third kappa shape index (κ3) is 7.10. The molecule has 1 aromatic heterocycles. The van der Waals surface area contributed by atoms with Crippen molar-refractivity contribution in [1.82, 2.24) is 15.3 Å². The molecule has 1 aliphatic rings. The number of ether oxygens (including phenoxy) is 3. The van der Waals surface area contributed by atoms with Crippen LogP contribution in [0.3, 0.4) is 0 Å². The first-order valence-corrected chi connectivity index (χ1v) is 16.3. The van der Waals surface area contributed by atoms with Gasteiger partial charge in [0.1, 0.15) is 11.9 Å². The normalized spacial score (nSPS) is 14.5. The molecule has 3 aromatic carbocycles. The number of hydrogen-bond acceptors (Lipinski definition) is 8. The number of benzene rings is 2. The van der Waals surface area contributed by atoms with E-state index in [-0.39, 0.29) is 28.8 Å². The van der Waals surface area contributed by atoms with E-state index < -0.39 is 12.1 Å². The molecule has 48 heavy (non-hydrogen) atoms. The van der Waals surface area contributed by atoms with Crippen molar-refractivity contribution in [2.75, 3.05) is 32.0 Å². The highest BCUT2D eigenvalue weighted by Crippen LogP contribution is 2.50. The number of carbonyl (C=O) groups excluding carboxylic acids is 2. The number of carbonyl (C=O) groups is 2. The van der Waals surface area contributed by atoms with Gasteiger partial charge in [0.15, 0.2) is 11.5 Å². The van der Waals surface area contributed by atoms with Crippen LogP contribution in [0, 0.1) is 11.8 Å². The van der Waals surface area contributed by atoms with Gasteiger partial charge in [-0.1, -0.05) is 33.8 Å². The van der Waals surface area contributed by atoms with Crippen molar-refractivity contribution in [2.45, 2.75) is 66.0 Å². The number of aromatic amines is 1. The summed E-state index contributed by atoms with van der Waals surface area (Å²) in [4.78, 5) is 47.9. The Labute approximate surface area is 280 Å². The Hall–Kier alpha value is -5.06. The number of hydrogen-bond donors (Lipinski definition) is 4. The lowest BCUT2D eigenvalue weighted by Crippen LogP contribution is -2.39. The number of H-pyrrole nitrogens is 1. The maximum atomic E-state index is 13.9. The number of rotatable bonds is 11. The average molecular weight is 656 g/mol. The molecule has 1 aliphatic carbocycles. The van der Waals surface area contributed by atoms with E-state index in [4.69, 9.17) is 14.2 Å². The molecule has 2 atom stereocenters. The van der Waals surface area contributed by atoms with Gasteiger partial charge in [-0.15, -0.1) is 0 Å². The third-order valence-corrected chi connectivity index (χ3v) is 8.58. The van der Waals surface area contributed by atoms with E-state index >= 15 is 0 Å². The van der Waals surface area contributed by atoms with E-state index in [0.29, 0.717) is 52.8 Å². The molecule has 0 spiro atoms. The van der Waals surface area contributed by atoms with Crippen LogP contribution in [-0.4, -0.2) is 49.2 Å². The fourth-order valence-corrected chi connectivity index (χ4v) is 6.37.